The van der Waals surface area contributed by atoms with Gasteiger partial charge in [-0.15, -0.1) is 0 Å². The molecule has 1 heterocycles. The predicted octanol–water partition coefficient (Wildman–Crippen LogP) is 3.23. The molecule has 1 fully saturated rings. The first-order valence-electron chi connectivity index (χ1n) is 7.34. The molecule has 0 saturated carbocycles. The van der Waals surface area contributed by atoms with Crippen LogP contribution in [0.25, 0.3) is 0 Å². The van der Waals surface area contributed by atoms with Crippen molar-refractivity contribution in [3.63, 3.8) is 0 Å². The molecule has 1 aliphatic heterocycles. The number of nitrogens with one attached hydrogen (secondary N) is 1. The maximum atomic E-state index is 13.9. The molecule has 0 aromatic heterocycles. The molecule has 2 aromatic rings. The summed E-state index contributed by atoms with van der Waals surface area (Å²) in [4.78, 5) is 23.6. The maximum absolute atomic E-state index is 13.9. The van der Waals surface area contributed by atoms with Crippen molar-refractivity contribution in [3.8, 4) is 0 Å². The number of carbonyl (C=O) groups excluding carboxylic acids is 1. The number of halogens is 3. The van der Waals surface area contributed by atoms with E-state index in [-0.39, 0.29) is 18.7 Å². The minimum absolute atomic E-state index is 0.0411. The van der Waals surface area contributed by atoms with Gasteiger partial charge in [0.2, 0.25) is 5.91 Å². The number of benzene rings is 2. The normalized spacial score (nSPS) is 17.0. The fourth-order valence-electron chi connectivity index (χ4n) is 2.75. The van der Waals surface area contributed by atoms with Crippen molar-refractivity contribution >= 4 is 23.0 Å². The Morgan fingerprint density at radius 2 is 1.84 bits per heavy atom. The van der Waals surface area contributed by atoms with Crippen LogP contribution in [0.4, 0.5) is 30.2 Å². The van der Waals surface area contributed by atoms with E-state index in [2.05, 4.69) is 5.32 Å². The van der Waals surface area contributed by atoms with E-state index < -0.39 is 45.7 Å². The Labute approximate surface area is 140 Å². The van der Waals surface area contributed by atoms with E-state index in [1.807, 2.05) is 0 Å². The first-order chi connectivity index (χ1) is 11.9. The second-order valence-electron chi connectivity index (χ2n) is 5.46. The maximum Gasteiger partial charge on any atom is 0.295 e. The number of carbonyl (C=O) groups is 1. The zero-order valence-corrected chi connectivity index (χ0v) is 12.7. The number of hydrogen-bond donors (Lipinski definition) is 1. The van der Waals surface area contributed by atoms with E-state index in [9.17, 15) is 28.1 Å². The minimum atomic E-state index is -0.914. The number of nitro groups is 1. The lowest BCUT2D eigenvalue weighted by atomic mass is 10.2. The van der Waals surface area contributed by atoms with Crippen LogP contribution in [0.1, 0.15) is 6.42 Å². The zero-order chi connectivity index (χ0) is 18.1. The van der Waals surface area contributed by atoms with Crippen molar-refractivity contribution in [1.29, 1.82) is 0 Å². The van der Waals surface area contributed by atoms with E-state index in [0.717, 1.165) is 35.2 Å². The molecule has 1 aliphatic rings. The number of nitrogens with zero attached hydrogens (tertiary/aromatic N) is 2. The fourth-order valence-corrected chi connectivity index (χ4v) is 2.75. The average Bonchev–Trinajstić information content (AvgIpc) is 2.90. The van der Waals surface area contributed by atoms with E-state index in [4.69, 9.17) is 0 Å². The molecule has 0 spiro atoms. The minimum Gasteiger partial charge on any atom is -0.368 e. The summed E-state index contributed by atoms with van der Waals surface area (Å²) in [6.45, 7) is 0.0450. The number of rotatable bonds is 4. The van der Waals surface area contributed by atoms with Gasteiger partial charge in [0.1, 0.15) is 34.9 Å². The van der Waals surface area contributed by atoms with Crippen LogP contribution in [0.3, 0.4) is 0 Å². The van der Waals surface area contributed by atoms with Crippen molar-refractivity contribution in [2.24, 2.45) is 0 Å². The Morgan fingerprint density at radius 3 is 2.48 bits per heavy atom. The average molecular weight is 351 g/mol. The molecular weight excluding hydrogens is 339 g/mol. The SMILES string of the molecule is O=C1C(Nc2ccc(F)cc2[N+](=O)[O-])CCN1c1c(F)cccc1F. The molecule has 0 bridgehead atoms. The van der Waals surface area contributed by atoms with Crippen molar-refractivity contribution in [1.82, 2.24) is 0 Å². The molecule has 3 rings (SSSR count). The molecule has 1 amide bonds. The highest BCUT2D eigenvalue weighted by Crippen LogP contribution is 2.31. The summed E-state index contributed by atoms with van der Waals surface area (Å²) in [5.41, 5.74) is -1.02. The van der Waals surface area contributed by atoms with E-state index in [0.29, 0.717) is 0 Å². The quantitative estimate of drug-likeness (QED) is 0.678. The smallest absolute Gasteiger partial charge is 0.295 e. The number of hydrogen-bond acceptors (Lipinski definition) is 4. The Kier molecular flexibility index (Phi) is 4.30. The van der Waals surface area contributed by atoms with Crippen LogP contribution in [0, 0.1) is 27.6 Å². The summed E-state index contributed by atoms with van der Waals surface area (Å²) in [6.07, 6.45) is 0.182. The number of nitro benzene ring substituents is 1. The summed E-state index contributed by atoms with van der Waals surface area (Å²) in [5.74, 6) is -3.16. The highest BCUT2D eigenvalue weighted by molar-refractivity contribution is 6.01. The number of para-hydroxylation sites is 1. The fraction of sp³-hybridized carbons (Fsp3) is 0.188. The Hall–Kier alpha value is -3.10. The van der Waals surface area contributed by atoms with Crippen LogP contribution in [-0.4, -0.2) is 23.4 Å². The van der Waals surface area contributed by atoms with Crippen LogP contribution in [0.2, 0.25) is 0 Å². The van der Waals surface area contributed by atoms with Gasteiger partial charge in [-0.2, -0.15) is 0 Å². The molecule has 1 N–H and O–H groups in total. The lowest BCUT2D eigenvalue weighted by Crippen LogP contribution is -2.34. The third-order valence-corrected chi connectivity index (χ3v) is 3.90. The lowest BCUT2D eigenvalue weighted by molar-refractivity contribution is -0.384. The summed E-state index contributed by atoms with van der Waals surface area (Å²) in [7, 11) is 0. The van der Waals surface area contributed by atoms with Crippen molar-refractivity contribution in [2.75, 3.05) is 16.8 Å². The molecule has 25 heavy (non-hydrogen) atoms. The van der Waals surface area contributed by atoms with Gasteiger partial charge in [0.05, 0.1) is 11.0 Å². The summed E-state index contributed by atoms with van der Waals surface area (Å²) in [6, 6.07) is 5.25. The van der Waals surface area contributed by atoms with Crippen LogP contribution < -0.4 is 10.2 Å². The highest BCUT2D eigenvalue weighted by atomic mass is 19.1. The van der Waals surface area contributed by atoms with E-state index in [1.54, 1.807) is 0 Å². The standard InChI is InChI=1S/C16H12F3N3O3/c17-9-4-5-12(14(8-9)22(24)25)20-13-6-7-21(16(13)23)15-10(18)2-1-3-11(15)19/h1-5,8,13,20H,6-7H2. The summed E-state index contributed by atoms with van der Waals surface area (Å²) < 4.78 is 40.9. The second-order valence-corrected chi connectivity index (χ2v) is 5.46. The summed E-state index contributed by atoms with van der Waals surface area (Å²) >= 11 is 0. The van der Waals surface area contributed by atoms with Gasteiger partial charge < -0.3 is 10.2 Å². The predicted molar refractivity (Wildman–Crippen MR) is 83.8 cm³/mol. The molecular formula is C16H12F3N3O3. The Bertz CT molecular complexity index is 840. The van der Waals surface area contributed by atoms with Gasteiger partial charge in [-0.05, 0) is 30.7 Å². The number of anilines is 2. The monoisotopic (exact) mass is 351 g/mol. The van der Waals surface area contributed by atoms with E-state index >= 15 is 0 Å². The molecule has 130 valence electrons. The zero-order valence-electron chi connectivity index (χ0n) is 12.7. The van der Waals surface area contributed by atoms with Gasteiger partial charge >= 0.3 is 0 Å². The lowest BCUT2D eigenvalue weighted by Gasteiger charge is -2.19. The van der Waals surface area contributed by atoms with Crippen LogP contribution >= 0.6 is 0 Å². The van der Waals surface area contributed by atoms with Gasteiger partial charge in [0, 0.05) is 6.54 Å². The Morgan fingerprint density at radius 1 is 1.16 bits per heavy atom. The second kappa shape index (κ2) is 6.42. The number of amides is 1. The van der Waals surface area contributed by atoms with Crippen LogP contribution in [-0.2, 0) is 4.79 Å². The van der Waals surface area contributed by atoms with Crippen LogP contribution in [0.5, 0.6) is 0 Å². The van der Waals surface area contributed by atoms with Gasteiger partial charge in [-0.25, -0.2) is 13.2 Å². The largest absolute Gasteiger partial charge is 0.368 e. The first kappa shape index (κ1) is 16.7. The van der Waals surface area contributed by atoms with Crippen LogP contribution in [0.15, 0.2) is 36.4 Å². The molecule has 9 heteroatoms. The van der Waals surface area contributed by atoms with Gasteiger partial charge in [-0.3, -0.25) is 14.9 Å². The molecule has 1 atom stereocenters. The summed E-state index contributed by atoms with van der Waals surface area (Å²) in [5, 5.41) is 13.7. The molecule has 0 radical (unpaired) electrons. The molecule has 1 unspecified atom stereocenters. The van der Waals surface area contributed by atoms with Crippen molar-refractivity contribution in [3.05, 3.63) is 64.0 Å². The third kappa shape index (κ3) is 3.12. The first-order valence-corrected chi connectivity index (χ1v) is 7.34. The molecule has 2 aromatic carbocycles. The third-order valence-electron chi connectivity index (χ3n) is 3.90. The van der Waals surface area contributed by atoms with E-state index in [1.165, 1.54) is 6.07 Å². The topological polar surface area (TPSA) is 75.5 Å². The van der Waals surface area contributed by atoms with Crippen molar-refractivity contribution in [2.45, 2.75) is 12.5 Å². The van der Waals surface area contributed by atoms with Gasteiger partial charge in [0.25, 0.3) is 5.69 Å². The molecule has 1 saturated heterocycles. The highest BCUT2D eigenvalue weighted by Gasteiger charge is 2.36. The Balaban J connectivity index is 1.85. The van der Waals surface area contributed by atoms with Crippen molar-refractivity contribution < 1.29 is 22.9 Å². The molecule has 6 nitrogen and oxygen atoms in total. The molecule has 0 aliphatic carbocycles. The van der Waals surface area contributed by atoms with Gasteiger partial charge in [-0.1, -0.05) is 6.07 Å². The van der Waals surface area contributed by atoms with Gasteiger partial charge in [0.15, 0.2) is 0 Å².